The van der Waals surface area contributed by atoms with Crippen LogP contribution in [0.25, 0.3) is 0 Å². The number of nitrogens with zero attached hydrogens (tertiary/aromatic N) is 1. The first kappa shape index (κ1) is 17.8. The van der Waals surface area contributed by atoms with Crippen LogP contribution in [0.3, 0.4) is 0 Å². The smallest absolute Gasteiger partial charge is 0.255 e. The molecule has 2 aromatic carbocycles. The molecule has 0 bridgehead atoms. The van der Waals surface area contributed by atoms with Gasteiger partial charge in [0.25, 0.3) is 5.91 Å². The molecule has 1 N–H and O–H groups in total. The molecule has 0 saturated heterocycles. The van der Waals surface area contributed by atoms with Crippen LogP contribution in [-0.4, -0.2) is 26.6 Å². The number of halogens is 1. The van der Waals surface area contributed by atoms with Gasteiger partial charge in [0.1, 0.15) is 0 Å². The van der Waals surface area contributed by atoms with E-state index in [1.165, 1.54) is 10.6 Å². The van der Waals surface area contributed by atoms with Crippen LogP contribution in [-0.2, 0) is 16.4 Å². The third-order valence-corrected chi connectivity index (χ3v) is 5.80. The number of benzene rings is 2. The van der Waals surface area contributed by atoms with Gasteiger partial charge in [0.15, 0.2) is 0 Å². The first-order valence-corrected chi connectivity index (χ1v) is 10.1. The maximum atomic E-state index is 12.5. The zero-order chi connectivity index (χ0) is 18.4. The lowest BCUT2D eigenvalue weighted by Crippen LogP contribution is -2.34. The maximum Gasteiger partial charge on any atom is 0.255 e. The van der Waals surface area contributed by atoms with Crippen LogP contribution in [0.2, 0.25) is 5.02 Å². The largest absolute Gasteiger partial charge is 0.322 e. The van der Waals surface area contributed by atoms with Crippen molar-refractivity contribution in [2.75, 3.05) is 15.9 Å². The zero-order valence-corrected chi connectivity index (χ0v) is 15.8. The molecule has 0 radical (unpaired) electrons. The minimum absolute atomic E-state index is 0.151. The van der Waals surface area contributed by atoms with E-state index in [0.29, 0.717) is 28.4 Å². The first-order chi connectivity index (χ1) is 11.7. The van der Waals surface area contributed by atoms with Crippen LogP contribution in [0.5, 0.6) is 0 Å². The predicted octanol–water partition coefficient (Wildman–Crippen LogP) is 3.61. The van der Waals surface area contributed by atoms with E-state index in [1.807, 2.05) is 13.8 Å². The van der Waals surface area contributed by atoms with Crippen molar-refractivity contribution in [2.45, 2.75) is 26.3 Å². The number of aryl methyl sites for hydroxylation is 1. The third kappa shape index (κ3) is 3.50. The number of fused-ring (bicyclic) bond motifs is 1. The predicted molar refractivity (Wildman–Crippen MR) is 101 cm³/mol. The van der Waals surface area contributed by atoms with Gasteiger partial charge in [-0.3, -0.25) is 9.10 Å². The molecule has 7 heteroatoms. The Hall–Kier alpha value is -2.05. The molecular weight excluding hydrogens is 360 g/mol. The van der Waals surface area contributed by atoms with Crippen LogP contribution in [0, 0.1) is 6.92 Å². The molecule has 1 amide bonds. The Bertz CT molecular complexity index is 957. The topological polar surface area (TPSA) is 66.5 Å². The van der Waals surface area contributed by atoms with E-state index >= 15 is 0 Å². The second-order valence-electron chi connectivity index (χ2n) is 6.37. The molecule has 25 heavy (non-hydrogen) atoms. The van der Waals surface area contributed by atoms with Gasteiger partial charge in [0, 0.05) is 22.3 Å². The Labute approximate surface area is 152 Å². The third-order valence-electron chi connectivity index (χ3n) is 4.29. The molecule has 1 aliphatic heterocycles. The van der Waals surface area contributed by atoms with Crippen molar-refractivity contribution in [1.29, 1.82) is 0 Å². The average Bonchev–Trinajstić information content (AvgIpc) is 2.84. The van der Waals surface area contributed by atoms with E-state index in [-0.39, 0.29) is 11.9 Å². The summed E-state index contributed by atoms with van der Waals surface area (Å²) in [5.41, 5.74) is 3.57. The molecule has 132 valence electrons. The molecule has 3 rings (SSSR count). The van der Waals surface area contributed by atoms with Crippen LogP contribution in [0.1, 0.15) is 28.4 Å². The number of sulfonamides is 1. The van der Waals surface area contributed by atoms with E-state index in [4.69, 9.17) is 11.6 Å². The van der Waals surface area contributed by atoms with Crippen molar-refractivity contribution in [1.82, 2.24) is 0 Å². The first-order valence-electron chi connectivity index (χ1n) is 7.86. The van der Waals surface area contributed by atoms with Gasteiger partial charge in [-0.25, -0.2) is 8.42 Å². The fourth-order valence-electron chi connectivity index (χ4n) is 3.21. The van der Waals surface area contributed by atoms with Gasteiger partial charge in [-0.1, -0.05) is 11.6 Å². The summed E-state index contributed by atoms with van der Waals surface area (Å²) in [6, 6.07) is 10.2. The van der Waals surface area contributed by atoms with Gasteiger partial charge in [-0.2, -0.15) is 0 Å². The summed E-state index contributed by atoms with van der Waals surface area (Å²) in [7, 11) is -3.34. The van der Waals surface area contributed by atoms with Gasteiger partial charge in [-0.05, 0) is 67.8 Å². The average molecular weight is 379 g/mol. The Morgan fingerprint density at radius 2 is 1.96 bits per heavy atom. The summed E-state index contributed by atoms with van der Waals surface area (Å²) in [6.45, 7) is 3.73. The van der Waals surface area contributed by atoms with Gasteiger partial charge in [0.05, 0.1) is 11.9 Å². The van der Waals surface area contributed by atoms with Gasteiger partial charge in [-0.15, -0.1) is 0 Å². The maximum absolute atomic E-state index is 12.5. The van der Waals surface area contributed by atoms with E-state index in [1.54, 1.807) is 36.4 Å². The van der Waals surface area contributed by atoms with Gasteiger partial charge >= 0.3 is 0 Å². The lowest BCUT2D eigenvalue weighted by molar-refractivity contribution is 0.102. The lowest BCUT2D eigenvalue weighted by Gasteiger charge is -2.21. The minimum Gasteiger partial charge on any atom is -0.322 e. The summed E-state index contributed by atoms with van der Waals surface area (Å²) in [5, 5.41) is 3.48. The van der Waals surface area contributed by atoms with Gasteiger partial charge in [0.2, 0.25) is 10.0 Å². The number of nitrogens with one attached hydrogen (secondary N) is 1. The summed E-state index contributed by atoms with van der Waals surface area (Å²) < 4.78 is 25.3. The summed E-state index contributed by atoms with van der Waals surface area (Å²) in [5.74, 6) is -0.237. The quantitative estimate of drug-likeness (QED) is 0.887. The number of hydrogen-bond donors (Lipinski definition) is 1. The van der Waals surface area contributed by atoms with E-state index < -0.39 is 10.0 Å². The summed E-state index contributed by atoms with van der Waals surface area (Å²) >= 11 is 5.93. The SMILES string of the molecule is Cc1cc(Cl)ccc1NC(=O)c1ccc2c(c1)C[C@H](C)N2S(C)(=O)=O. The highest BCUT2D eigenvalue weighted by Crippen LogP contribution is 2.34. The van der Waals surface area contributed by atoms with Crippen LogP contribution < -0.4 is 9.62 Å². The monoisotopic (exact) mass is 378 g/mol. The molecule has 0 aromatic heterocycles. The number of carbonyl (C=O) groups excluding carboxylic acids is 1. The Kier molecular flexibility index (Phi) is 4.51. The van der Waals surface area contributed by atoms with Crippen LogP contribution in [0.4, 0.5) is 11.4 Å². The molecule has 0 fully saturated rings. The van der Waals surface area contributed by atoms with Crippen molar-refractivity contribution in [3.05, 3.63) is 58.1 Å². The second-order valence-corrected chi connectivity index (χ2v) is 8.66. The van der Waals surface area contributed by atoms with Crippen molar-refractivity contribution in [3.63, 3.8) is 0 Å². The zero-order valence-electron chi connectivity index (χ0n) is 14.2. The molecule has 0 aliphatic carbocycles. The number of anilines is 2. The molecule has 2 aromatic rings. The fraction of sp³-hybridized carbons (Fsp3) is 0.278. The number of hydrogen-bond acceptors (Lipinski definition) is 3. The standard InChI is InChI=1S/C18H19ClN2O3S/c1-11-8-15(19)5-6-16(11)20-18(22)13-4-7-17-14(10-13)9-12(2)21(17)25(3,23)24/h4-8,10,12H,9H2,1-3H3,(H,20,22)/t12-/m0/s1. The van der Waals surface area contributed by atoms with Crippen LogP contribution in [0.15, 0.2) is 36.4 Å². The van der Waals surface area contributed by atoms with Crippen molar-refractivity contribution >= 4 is 38.9 Å². The number of rotatable bonds is 3. The highest BCUT2D eigenvalue weighted by atomic mass is 35.5. The van der Waals surface area contributed by atoms with Crippen molar-refractivity contribution in [2.24, 2.45) is 0 Å². The molecule has 0 unspecified atom stereocenters. The molecule has 0 spiro atoms. The molecule has 1 heterocycles. The molecular formula is C18H19ClN2O3S. The van der Waals surface area contributed by atoms with Crippen molar-refractivity contribution < 1.29 is 13.2 Å². The molecule has 5 nitrogen and oxygen atoms in total. The molecule has 0 saturated carbocycles. The Morgan fingerprint density at radius 1 is 1.24 bits per heavy atom. The van der Waals surface area contributed by atoms with Gasteiger partial charge < -0.3 is 5.32 Å². The highest BCUT2D eigenvalue weighted by molar-refractivity contribution is 7.92. The van der Waals surface area contributed by atoms with E-state index in [0.717, 1.165) is 11.1 Å². The fourth-order valence-corrected chi connectivity index (χ4v) is 4.70. The number of amides is 1. The normalized spacial score (nSPS) is 16.6. The molecule has 1 atom stereocenters. The highest BCUT2D eigenvalue weighted by Gasteiger charge is 2.32. The van der Waals surface area contributed by atoms with E-state index in [9.17, 15) is 13.2 Å². The minimum atomic E-state index is -3.34. The Morgan fingerprint density at radius 3 is 2.60 bits per heavy atom. The lowest BCUT2D eigenvalue weighted by atomic mass is 10.1. The van der Waals surface area contributed by atoms with E-state index in [2.05, 4.69) is 5.32 Å². The summed E-state index contributed by atoms with van der Waals surface area (Å²) in [4.78, 5) is 12.5. The Balaban J connectivity index is 1.88. The van der Waals surface area contributed by atoms with Crippen molar-refractivity contribution in [3.8, 4) is 0 Å². The van der Waals surface area contributed by atoms with Crippen LogP contribution >= 0.6 is 11.6 Å². The second kappa shape index (κ2) is 6.35. The molecule has 1 aliphatic rings. The number of carbonyl (C=O) groups is 1. The summed E-state index contributed by atoms with van der Waals surface area (Å²) in [6.07, 6.45) is 1.78.